The summed E-state index contributed by atoms with van der Waals surface area (Å²) in [4.78, 5) is 19.4. The molecule has 1 saturated heterocycles. The van der Waals surface area contributed by atoms with Gasteiger partial charge in [0.25, 0.3) is 0 Å². The summed E-state index contributed by atoms with van der Waals surface area (Å²) in [5.74, 6) is 0. The van der Waals surface area contributed by atoms with E-state index in [9.17, 15) is 9.90 Å². The predicted molar refractivity (Wildman–Crippen MR) is 75.5 cm³/mol. The minimum absolute atomic E-state index is 0.00986. The second-order valence-electron chi connectivity index (χ2n) is 4.90. The number of aliphatic hydroxyl groups excluding tert-OH is 1. The Morgan fingerprint density at radius 3 is 3.00 bits per heavy atom. The molecule has 0 saturated carbocycles. The molecule has 1 aromatic heterocycles. The topological polar surface area (TPSA) is 65.5 Å². The van der Waals surface area contributed by atoms with E-state index < -0.39 is 0 Å². The van der Waals surface area contributed by atoms with E-state index in [1.165, 1.54) is 4.88 Å². The lowest BCUT2D eigenvalue weighted by Gasteiger charge is -2.23. The van der Waals surface area contributed by atoms with Crippen LogP contribution in [0, 0.1) is 13.8 Å². The largest absolute Gasteiger partial charge is 0.394 e. The average molecular weight is 283 g/mol. The molecule has 2 rings (SSSR count). The van der Waals surface area contributed by atoms with Crippen molar-refractivity contribution < 1.29 is 9.90 Å². The molecule has 5 nitrogen and oxygen atoms in total. The zero-order valence-corrected chi connectivity index (χ0v) is 12.3. The Morgan fingerprint density at radius 2 is 2.37 bits per heavy atom. The highest BCUT2D eigenvalue weighted by Crippen LogP contribution is 2.17. The molecule has 1 aliphatic rings. The highest BCUT2D eigenvalue weighted by molar-refractivity contribution is 7.11. The Morgan fingerprint density at radius 1 is 1.58 bits per heavy atom. The summed E-state index contributed by atoms with van der Waals surface area (Å²) in [6.45, 7) is 5.46. The molecule has 0 spiro atoms. The van der Waals surface area contributed by atoms with Gasteiger partial charge in [-0.05, 0) is 26.7 Å². The lowest BCUT2D eigenvalue weighted by Crippen LogP contribution is -2.44. The van der Waals surface area contributed by atoms with Crippen LogP contribution in [0.1, 0.15) is 28.4 Å². The van der Waals surface area contributed by atoms with Crippen LogP contribution in [0.25, 0.3) is 0 Å². The van der Waals surface area contributed by atoms with E-state index in [0.29, 0.717) is 6.54 Å². The number of amides is 2. The van der Waals surface area contributed by atoms with Crippen LogP contribution < -0.4 is 5.32 Å². The molecular weight excluding hydrogens is 262 g/mol. The molecule has 2 amide bonds. The SMILES string of the molecule is Cc1nc(CCNC(=O)N2CCC[C@H]2CO)sc1C. The summed E-state index contributed by atoms with van der Waals surface area (Å²) < 4.78 is 0. The smallest absolute Gasteiger partial charge is 0.317 e. The molecule has 0 aromatic carbocycles. The molecular formula is C13H21N3O2S. The molecule has 0 bridgehead atoms. The quantitative estimate of drug-likeness (QED) is 0.879. The zero-order chi connectivity index (χ0) is 13.8. The number of rotatable bonds is 4. The number of hydrogen-bond acceptors (Lipinski definition) is 4. The molecule has 1 fully saturated rings. The van der Waals surface area contributed by atoms with Crippen LogP contribution in [-0.4, -0.2) is 46.8 Å². The second kappa shape index (κ2) is 6.34. The molecule has 0 radical (unpaired) electrons. The number of nitrogens with one attached hydrogen (secondary N) is 1. The van der Waals surface area contributed by atoms with Gasteiger partial charge in [-0.1, -0.05) is 0 Å². The number of aryl methyl sites for hydroxylation is 2. The Labute approximate surface area is 117 Å². The van der Waals surface area contributed by atoms with Gasteiger partial charge >= 0.3 is 6.03 Å². The van der Waals surface area contributed by atoms with E-state index in [0.717, 1.165) is 36.5 Å². The minimum atomic E-state index is -0.0680. The minimum Gasteiger partial charge on any atom is -0.394 e. The number of thiazole rings is 1. The van der Waals surface area contributed by atoms with Crippen molar-refractivity contribution in [3.8, 4) is 0 Å². The van der Waals surface area contributed by atoms with Crippen molar-refractivity contribution >= 4 is 17.4 Å². The number of nitrogens with zero attached hydrogens (tertiary/aromatic N) is 2. The number of aliphatic hydroxyl groups is 1. The van der Waals surface area contributed by atoms with Crippen LogP contribution in [0.3, 0.4) is 0 Å². The van der Waals surface area contributed by atoms with Crippen molar-refractivity contribution in [1.82, 2.24) is 15.2 Å². The first-order chi connectivity index (χ1) is 9.11. The lowest BCUT2D eigenvalue weighted by molar-refractivity contribution is 0.157. The maximum atomic E-state index is 12.0. The number of hydrogen-bond donors (Lipinski definition) is 2. The number of aromatic nitrogens is 1. The summed E-state index contributed by atoms with van der Waals surface area (Å²) in [5, 5.41) is 13.2. The molecule has 2 N–H and O–H groups in total. The highest BCUT2D eigenvalue weighted by Gasteiger charge is 2.27. The van der Waals surface area contributed by atoms with Crippen LogP contribution in [0.15, 0.2) is 0 Å². The summed E-state index contributed by atoms with van der Waals surface area (Å²) in [7, 11) is 0. The molecule has 0 unspecified atom stereocenters. The van der Waals surface area contributed by atoms with E-state index in [1.807, 2.05) is 6.92 Å². The van der Waals surface area contributed by atoms with Gasteiger partial charge in [-0.3, -0.25) is 0 Å². The fourth-order valence-corrected chi connectivity index (χ4v) is 3.25. The first kappa shape index (κ1) is 14.3. The van der Waals surface area contributed by atoms with Gasteiger partial charge in [-0.25, -0.2) is 9.78 Å². The standard InChI is InChI=1S/C13H21N3O2S/c1-9-10(2)19-12(15-9)5-6-14-13(18)16-7-3-4-11(16)8-17/h11,17H,3-8H2,1-2H3,(H,14,18)/t11-/m0/s1. The molecule has 1 aliphatic heterocycles. The predicted octanol–water partition coefficient (Wildman–Crippen LogP) is 1.47. The van der Waals surface area contributed by atoms with Gasteiger partial charge in [0.2, 0.25) is 0 Å². The second-order valence-corrected chi connectivity index (χ2v) is 6.19. The van der Waals surface area contributed by atoms with E-state index in [4.69, 9.17) is 0 Å². The summed E-state index contributed by atoms with van der Waals surface area (Å²) in [6.07, 6.45) is 2.64. The summed E-state index contributed by atoms with van der Waals surface area (Å²) in [6, 6.07) is -0.0779. The van der Waals surface area contributed by atoms with Crippen LogP contribution >= 0.6 is 11.3 Å². The van der Waals surface area contributed by atoms with Crippen LogP contribution in [0.2, 0.25) is 0 Å². The fraction of sp³-hybridized carbons (Fsp3) is 0.692. The molecule has 6 heteroatoms. The first-order valence-corrected chi connectivity index (χ1v) is 7.51. The molecule has 106 valence electrons. The van der Waals surface area contributed by atoms with E-state index in [1.54, 1.807) is 16.2 Å². The Balaban J connectivity index is 1.77. The zero-order valence-electron chi connectivity index (χ0n) is 11.5. The van der Waals surface area contributed by atoms with Crippen LogP contribution in [0.5, 0.6) is 0 Å². The van der Waals surface area contributed by atoms with Crippen molar-refractivity contribution in [2.45, 2.75) is 39.2 Å². The van der Waals surface area contributed by atoms with Gasteiger partial charge in [0, 0.05) is 24.4 Å². The van der Waals surface area contributed by atoms with E-state index >= 15 is 0 Å². The number of urea groups is 1. The Bertz CT molecular complexity index is 428. The molecule has 2 heterocycles. The monoisotopic (exact) mass is 283 g/mol. The lowest BCUT2D eigenvalue weighted by atomic mass is 10.2. The van der Waals surface area contributed by atoms with Crippen molar-refractivity contribution in [2.75, 3.05) is 19.7 Å². The van der Waals surface area contributed by atoms with Gasteiger partial charge in [-0.2, -0.15) is 0 Å². The average Bonchev–Trinajstić information content (AvgIpc) is 2.97. The Kier molecular flexibility index (Phi) is 4.76. The van der Waals surface area contributed by atoms with Gasteiger partial charge in [0.15, 0.2) is 0 Å². The number of likely N-dealkylation sites (tertiary alicyclic amines) is 1. The van der Waals surface area contributed by atoms with Gasteiger partial charge < -0.3 is 15.3 Å². The van der Waals surface area contributed by atoms with Crippen molar-refractivity contribution in [3.05, 3.63) is 15.6 Å². The summed E-state index contributed by atoms with van der Waals surface area (Å²) >= 11 is 1.69. The number of carbonyl (C=O) groups excluding carboxylic acids is 1. The van der Waals surface area contributed by atoms with Crippen molar-refractivity contribution in [3.63, 3.8) is 0 Å². The van der Waals surface area contributed by atoms with Gasteiger partial charge in [-0.15, -0.1) is 11.3 Å². The molecule has 1 aromatic rings. The van der Waals surface area contributed by atoms with Crippen LogP contribution in [0.4, 0.5) is 4.79 Å². The molecule has 19 heavy (non-hydrogen) atoms. The molecule has 1 atom stereocenters. The highest BCUT2D eigenvalue weighted by atomic mass is 32.1. The third-order valence-electron chi connectivity index (χ3n) is 3.54. The molecule has 0 aliphatic carbocycles. The Hall–Kier alpha value is -1.14. The van der Waals surface area contributed by atoms with Crippen molar-refractivity contribution in [1.29, 1.82) is 0 Å². The third kappa shape index (κ3) is 3.45. The normalized spacial score (nSPS) is 18.9. The van der Waals surface area contributed by atoms with E-state index in [-0.39, 0.29) is 18.7 Å². The maximum absolute atomic E-state index is 12.0. The fourth-order valence-electron chi connectivity index (χ4n) is 2.32. The van der Waals surface area contributed by atoms with Crippen molar-refractivity contribution in [2.24, 2.45) is 0 Å². The number of carbonyl (C=O) groups is 1. The third-order valence-corrected chi connectivity index (χ3v) is 4.67. The summed E-state index contributed by atoms with van der Waals surface area (Å²) in [5.41, 5.74) is 1.08. The van der Waals surface area contributed by atoms with Gasteiger partial charge in [0.1, 0.15) is 0 Å². The first-order valence-electron chi connectivity index (χ1n) is 6.70. The van der Waals surface area contributed by atoms with E-state index in [2.05, 4.69) is 17.2 Å². The van der Waals surface area contributed by atoms with Crippen LogP contribution in [-0.2, 0) is 6.42 Å². The maximum Gasteiger partial charge on any atom is 0.317 e. The van der Waals surface area contributed by atoms with Gasteiger partial charge in [0.05, 0.1) is 23.4 Å².